The average molecular weight is 240 g/mol. The van der Waals surface area contributed by atoms with E-state index < -0.39 is 0 Å². The van der Waals surface area contributed by atoms with Crippen LogP contribution in [0.4, 0.5) is 0 Å². The van der Waals surface area contributed by atoms with Gasteiger partial charge in [0.05, 0.1) is 0 Å². The van der Waals surface area contributed by atoms with E-state index in [4.69, 9.17) is 5.73 Å². The Bertz CT molecular complexity index is 267. The smallest absolute Gasteiger partial charge is 0.0328 e. The first-order valence-corrected chi connectivity index (χ1v) is 7.03. The minimum Gasteiger partial charge on any atom is -0.329 e. The predicted molar refractivity (Wildman–Crippen MR) is 72.7 cm³/mol. The summed E-state index contributed by atoms with van der Waals surface area (Å²) in [4.78, 5) is 3.83. The van der Waals surface area contributed by atoms with Crippen molar-refractivity contribution in [2.24, 2.45) is 11.7 Å². The highest BCUT2D eigenvalue weighted by molar-refractivity contribution is 7.09. The third-order valence-electron chi connectivity index (χ3n) is 3.39. The zero-order chi connectivity index (χ0) is 12.0. The Balaban J connectivity index is 2.58. The maximum absolute atomic E-state index is 5.92. The van der Waals surface area contributed by atoms with Crippen molar-refractivity contribution >= 4 is 11.3 Å². The van der Waals surface area contributed by atoms with Crippen LogP contribution in [-0.2, 0) is 6.54 Å². The van der Waals surface area contributed by atoms with E-state index in [0.29, 0.717) is 6.04 Å². The van der Waals surface area contributed by atoms with Crippen molar-refractivity contribution in [2.75, 3.05) is 13.6 Å². The molecule has 92 valence electrons. The molecule has 0 saturated heterocycles. The van der Waals surface area contributed by atoms with E-state index in [2.05, 4.69) is 43.3 Å². The molecule has 0 radical (unpaired) electrons. The highest BCUT2D eigenvalue weighted by atomic mass is 32.1. The van der Waals surface area contributed by atoms with Gasteiger partial charge in [-0.2, -0.15) is 0 Å². The van der Waals surface area contributed by atoms with E-state index >= 15 is 0 Å². The Hall–Kier alpha value is -0.380. The minimum absolute atomic E-state index is 0.511. The van der Waals surface area contributed by atoms with Gasteiger partial charge in [-0.05, 0) is 24.4 Å². The highest BCUT2D eigenvalue weighted by Crippen LogP contribution is 2.20. The van der Waals surface area contributed by atoms with Crippen molar-refractivity contribution in [1.82, 2.24) is 4.90 Å². The molecule has 0 amide bonds. The number of thiophene rings is 1. The molecule has 0 bridgehead atoms. The predicted octanol–water partition coefficient (Wildman–Crippen LogP) is 2.94. The van der Waals surface area contributed by atoms with E-state index in [1.54, 1.807) is 0 Å². The SMILES string of the molecule is CCC(CC)C(CN)N(C)Cc1cccs1. The van der Waals surface area contributed by atoms with E-state index in [9.17, 15) is 0 Å². The molecule has 1 heterocycles. The van der Waals surface area contributed by atoms with Gasteiger partial charge in [-0.25, -0.2) is 0 Å². The van der Waals surface area contributed by atoms with Gasteiger partial charge in [-0.1, -0.05) is 32.8 Å². The van der Waals surface area contributed by atoms with Crippen LogP contribution in [0.3, 0.4) is 0 Å². The van der Waals surface area contributed by atoms with Crippen LogP contribution in [0, 0.1) is 5.92 Å². The fraction of sp³-hybridized carbons (Fsp3) is 0.692. The van der Waals surface area contributed by atoms with Crippen molar-refractivity contribution in [3.8, 4) is 0 Å². The van der Waals surface area contributed by atoms with Crippen molar-refractivity contribution in [3.63, 3.8) is 0 Å². The van der Waals surface area contributed by atoms with Crippen LogP contribution in [0.5, 0.6) is 0 Å². The van der Waals surface area contributed by atoms with Gasteiger partial charge in [0, 0.05) is 24.0 Å². The number of hydrogen-bond donors (Lipinski definition) is 1. The van der Waals surface area contributed by atoms with Gasteiger partial charge in [0.25, 0.3) is 0 Å². The van der Waals surface area contributed by atoms with Crippen molar-refractivity contribution in [3.05, 3.63) is 22.4 Å². The van der Waals surface area contributed by atoms with Crippen LogP contribution in [0.15, 0.2) is 17.5 Å². The second-order valence-electron chi connectivity index (χ2n) is 4.37. The Labute approximate surface area is 103 Å². The Kier molecular flexibility index (Phi) is 6.03. The molecule has 0 aromatic carbocycles. The van der Waals surface area contributed by atoms with Crippen molar-refractivity contribution in [1.29, 1.82) is 0 Å². The molecule has 0 aliphatic heterocycles. The largest absolute Gasteiger partial charge is 0.329 e. The molecule has 0 saturated carbocycles. The summed E-state index contributed by atoms with van der Waals surface area (Å²) in [6.45, 7) is 6.30. The van der Waals surface area contributed by atoms with Crippen LogP contribution in [0.2, 0.25) is 0 Å². The van der Waals surface area contributed by atoms with Crippen LogP contribution in [0.1, 0.15) is 31.6 Å². The molecular weight excluding hydrogens is 216 g/mol. The average Bonchev–Trinajstić information content (AvgIpc) is 2.78. The summed E-state index contributed by atoms with van der Waals surface area (Å²) in [7, 11) is 2.19. The summed E-state index contributed by atoms with van der Waals surface area (Å²) in [6.07, 6.45) is 2.43. The van der Waals surface area contributed by atoms with Crippen molar-refractivity contribution < 1.29 is 0 Å². The molecule has 2 nitrogen and oxygen atoms in total. The lowest BCUT2D eigenvalue weighted by atomic mass is 9.93. The number of rotatable bonds is 7. The monoisotopic (exact) mass is 240 g/mol. The zero-order valence-corrected chi connectivity index (χ0v) is 11.5. The van der Waals surface area contributed by atoms with E-state index in [-0.39, 0.29) is 0 Å². The molecule has 1 atom stereocenters. The summed E-state index contributed by atoms with van der Waals surface area (Å²) in [5.74, 6) is 0.718. The van der Waals surface area contributed by atoms with Gasteiger partial charge >= 0.3 is 0 Å². The molecule has 1 aromatic heterocycles. The lowest BCUT2D eigenvalue weighted by Gasteiger charge is -2.32. The fourth-order valence-electron chi connectivity index (χ4n) is 2.33. The van der Waals surface area contributed by atoms with Crippen LogP contribution >= 0.6 is 11.3 Å². The summed E-state index contributed by atoms with van der Waals surface area (Å²) in [6, 6.07) is 4.82. The minimum atomic E-state index is 0.511. The van der Waals surface area contributed by atoms with Gasteiger partial charge in [0.15, 0.2) is 0 Å². The number of hydrogen-bond acceptors (Lipinski definition) is 3. The molecule has 0 spiro atoms. The van der Waals surface area contributed by atoms with Crippen LogP contribution in [0.25, 0.3) is 0 Å². The molecular formula is C13H24N2S. The van der Waals surface area contributed by atoms with Crippen LogP contribution < -0.4 is 5.73 Å². The molecule has 16 heavy (non-hydrogen) atoms. The van der Waals surface area contributed by atoms with E-state index in [0.717, 1.165) is 19.0 Å². The summed E-state index contributed by atoms with van der Waals surface area (Å²) >= 11 is 1.82. The maximum atomic E-state index is 5.92. The third-order valence-corrected chi connectivity index (χ3v) is 4.25. The van der Waals surface area contributed by atoms with Gasteiger partial charge in [-0.3, -0.25) is 4.90 Å². The normalized spacial score (nSPS) is 13.6. The molecule has 3 heteroatoms. The van der Waals surface area contributed by atoms with Gasteiger partial charge in [0.2, 0.25) is 0 Å². The Morgan fingerprint density at radius 3 is 2.50 bits per heavy atom. The third kappa shape index (κ3) is 3.58. The molecule has 1 unspecified atom stereocenters. The standard InChI is InChI=1S/C13H24N2S/c1-4-11(5-2)13(9-14)15(3)10-12-7-6-8-16-12/h6-8,11,13H,4-5,9-10,14H2,1-3H3. The number of nitrogens with two attached hydrogens (primary N) is 1. The van der Waals surface area contributed by atoms with Crippen LogP contribution in [-0.4, -0.2) is 24.5 Å². The fourth-order valence-corrected chi connectivity index (χ4v) is 3.10. The molecule has 2 N–H and O–H groups in total. The molecule has 0 aliphatic carbocycles. The lowest BCUT2D eigenvalue weighted by Crippen LogP contribution is -2.42. The summed E-state index contributed by atoms with van der Waals surface area (Å²) in [5.41, 5.74) is 5.92. The molecule has 0 aliphatic rings. The Morgan fingerprint density at radius 2 is 2.06 bits per heavy atom. The number of nitrogens with zero attached hydrogens (tertiary/aromatic N) is 1. The first-order chi connectivity index (χ1) is 7.72. The van der Waals surface area contributed by atoms with Gasteiger partial charge < -0.3 is 5.73 Å². The molecule has 1 aromatic rings. The maximum Gasteiger partial charge on any atom is 0.0328 e. The summed E-state index contributed by atoms with van der Waals surface area (Å²) in [5, 5.41) is 2.14. The highest BCUT2D eigenvalue weighted by Gasteiger charge is 2.21. The van der Waals surface area contributed by atoms with E-state index in [1.165, 1.54) is 17.7 Å². The zero-order valence-electron chi connectivity index (χ0n) is 10.6. The first-order valence-electron chi connectivity index (χ1n) is 6.15. The second-order valence-corrected chi connectivity index (χ2v) is 5.41. The van der Waals surface area contributed by atoms with Gasteiger partial charge in [0.1, 0.15) is 0 Å². The number of likely N-dealkylation sites (N-methyl/N-ethyl adjacent to an activating group) is 1. The topological polar surface area (TPSA) is 29.3 Å². The van der Waals surface area contributed by atoms with Crippen molar-refractivity contribution in [2.45, 2.75) is 39.3 Å². The quantitative estimate of drug-likeness (QED) is 0.794. The Morgan fingerprint density at radius 1 is 1.38 bits per heavy atom. The first kappa shape index (κ1) is 13.7. The molecule has 0 fully saturated rings. The lowest BCUT2D eigenvalue weighted by molar-refractivity contribution is 0.166. The second kappa shape index (κ2) is 7.05. The van der Waals surface area contributed by atoms with E-state index in [1.807, 2.05) is 11.3 Å². The van der Waals surface area contributed by atoms with Gasteiger partial charge in [-0.15, -0.1) is 11.3 Å². The summed E-state index contributed by atoms with van der Waals surface area (Å²) < 4.78 is 0. The molecule has 1 rings (SSSR count).